The van der Waals surface area contributed by atoms with Crippen LogP contribution in [0.4, 0.5) is 0 Å². The Morgan fingerprint density at radius 1 is 0.349 bits per heavy atom. The van der Waals surface area contributed by atoms with Gasteiger partial charge in [-0.15, -0.1) is 5.73 Å². The van der Waals surface area contributed by atoms with Crippen molar-refractivity contribution in [1.29, 1.82) is 0 Å². The summed E-state index contributed by atoms with van der Waals surface area (Å²) in [4.78, 5) is 0. The van der Waals surface area contributed by atoms with Gasteiger partial charge in [-0.05, 0) is 95.1 Å². The van der Waals surface area contributed by atoms with Gasteiger partial charge in [0, 0.05) is 0 Å². The molecule has 1 aliphatic rings. The van der Waals surface area contributed by atoms with Gasteiger partial charge < -0.3 is 0 Å². The minimum absolute atomic E-state index is 1.17. The van der Waals surface area contributed by atoms with Gasteiger partial charge >= 0.3 is 0 Å². The summed E-state index contributed by atoms with van der Waals surface area (Å²) in [5.41, 5.74) is 13.1. The van der Waals surface area contributed by atoms with E-state index in [9.17, 15) is 0 Å². The molecule has 0 bridgehead atoms. The van der Waals surface area contributed by atoms with Crippen LogP contribution in [0.15, 0.2) is 176 Å². The second kappa shape index (κ2) is 10.6. The van der Waals surface area contributed by atoms with Crippen molar-refractivity contribution in [2.45, 2.75) is 0 Å². The summed E-state index contributed by atoms with van der Waals surface area (Å²) in [6.07, 6.45) is 10.5. The Bertz CT molecular complexity index is 2230. The molecular formula is C43H28. The van der Waals surface area contributed by atoms with Gasteiger partial charge in [0.2, 0.25) is 0 Å². The van der Waals surface area contributed by atoms with Crippen molar-refractivity contribution in [2.24, 2.45) is 0 Å². The highest BCUT2D eigenvalue weighted by Crippen LogP contribution is 2.52. The molecule has 0 saturated carbocycles. The summed E-state index contributed by atoms with van der Waals surface area (Å²) in [6.45, 7) is 0. The molecule has 0 nitrogen and oxygen atoms in total. The largest absolute Gasteiger partial charge is 0.121 e. The molecule has 7 aromatic rings. The zero-order chi connectivity index (χ0) is 28.6. The third kappa shape index (κ3) is 4.17. The minimum atomic E-state index is 1.17. The molecule has 0 heterocycles. The normalized spacial score (nSPS) is 12.6. The first-order chi connectivity index (χ1) is 21.4. The minimum Gasteiger partial charge on any atom is -0.121 e. The first kappa shape index (κ1) is 25.1. The van der Waals surface area contributed by atoms with E-state index in [2.05, 4.69) is 163 Å². The van der Waals surface area contributed by atoms with E-state index >= 15 is 0 Å². The highest BCUT2D eigenvalue weighted by molar-refractivity contribution is 6.32. The van der Waals surface area contributed by atoms with Crippen molar-refractivity contribution in [2.75, 3.05) is 0 Å². The Hall–Kier alpha value is -5.68. The van der Waals surface area contributed by atoms with Crippen LogP contribution in [0.5, 0.6) is 0 Å². The molecule has 0 amide bonds. The van der Waals surface area contributed by atoms with E-state index in [1.54, 1.807) is 0 Å². The van der Waals surface area contributed by atoms with Gasteiger partial charge in [-0.25, -0.2) is 0 Å². The number of rotatable bonds is 4. The Labute approximate surface area is 251 Å². The molecule has 0 unspecified atom stereocenters. The molecule has 0 fully saturated rings. The third-order valence-electron chi connectivity index (χ3n) is 8.48. The van der Waals surface area contributed by atoms with Crippen LogP contribution in [-0.2, 0) is 0 Å². The Balaban J connectivity index is 1.76. The number of hydrogen-bond acceptors (Lipinski definition) is 0. The van der Waals surface area contributed by atoms with E-state index in [1.807, 2.05) is 12.2 Å². The van der Waals surface area contributed by atoms with Crippen LogP contribution >= 0.6 is 0 Å². The van der Waals surface area contributed by atoms with E-state index in [4.69, 9.17) is 0 Å². The van der Waals surface area contributed by atoms with E-state index in [-0.39, 0.29) is 0 Å². The number of fused-ring (bicyclic) bond motifs is 3. The lowest BCUT2D eigenvalue weighted by Crippen LogP contribution is -1.99. The van der Waals surface area contributed by atoms with Gasteiger partial charge in [-0.1, -0.05) is 152 Å². The molecule has 0 atom stereocenters. The van der Waals surface area contributed by atoms with Gasteiger partial charge in [0.15, 0.2) is 0 Å². The Morgan fingerprint density at radius 3 is 1.16 bits per heavy atom. The molecule has 43 heavy (non-hydrogen) atoms. The van der Waals surface area contributed by atoms with Crippen molar-refractivity contribution in [3.63, 3.8) is 0 Å². The maximum atomic E-state index is 3.28. The average Bonchev–Trinajstić information content (AvgIpc) is 3.37. The van der Waals surface area contributed by atoms with Crippen LogP contribution in [0, 0.1) is 0 Å². The van der Waals surface area contributed by atoms with E-state index in [1.165, 1.54) is 76.8 Å². The Morgan fingerprint density at radius 2 is 0.721 bits per heavy atom. The highest BCUT2D eigenvalue weighted by atomic mass is 14.3. The summed E-state index contributed by atoms with van der Waals surface area (Å²) in [5.74, 6) is 0. The molecule has 0 saturated heterocycles. The predicted octanol–water partition coefficient (Wildman–Crippen LogP) is 11.8. The molecular weight excluding hydrogens is 516 g/mol. The lowest BCUT2D eigenvalue weighted by Gasteiger charge is -2.25. The summed E-state index contributed by atoms with van der Waals surface area (Å²) in [5, 5.41) is 7.55. The lowest BCUT2D eigenvalue weighted by atomic mass is 9.77. The van der Waals surface area contributed by atoms with Gasteiger partial charge in [0.05, 0.1) is 0 Å². The maximum Gasteiger partial charge on any atom is -0.000139 e. The van der Waals surface area contributed by atoms with E-state index in [0.717, 1.165) is 0 Å². The molecule has 0 aliphatic heterocycles. The number of hydrogen-bond donors (Lipinski definition) is 0. The third-order valence-corrected chi connectivity index (χ3v) is 8.48. The van der Waals surface area contributed by atoms with E-state index in [0.29, 0.717) is 0 Å². The monoisotopic (exact) mass is 544 g/mol. The maximum absolute atomic E-state index is 3.28. The van der Waals surface area contributed by atoms with E-state index < -0.39 is 0 Å². The smallest absolute Gasteiger partial charge is 0.000139 e. The average molecular weight is 545 g/mol. The van der Waals surface area contributed by atoms with Gasteiger partial charge in [-0.2, -0.15) is 0 Å². The molecule has 0 radical (unpaired) electrons. The van der Waals surface area contributed by atoms with Crippen molar-refractivity contribution in [3.05, 3.63) is 181 Å². The Kier molecular flexibility index (Phi) is 6.19. The van der Waals surface area contributed by atoms with Crippen molar-refractivity contribution in [3.8, 4) is 33.4 Å². The molecule has 0 spiro atoms. The standard InChI is InChI=1S/C43H28/c1-2-7-19-30(18-6-1)38-34-26-14-15-27-35(34)40(32-22-10-4-11-23-32)43-41(33-24-12-5-13-25-33)37-29-17-16-28-36(37)39(42(38)43)31-20-8-3-9-21-31/h1,3-29H. The fraction of sp³-hybridized carbons (Fsp3) is 0. The lowest BCUT2D eigenvalue weighted by molar-refractivity contribution is 1.63. The first-order valence-corrected chi connectivity index (χ1v) is 14.8. The quantitative estimate of drug-likeness (QED) is 0.153. The molecule has 8 rings (SSSR count). The molecule has 200 valence electrons. The van der Waals surface area contributed by atoms with Crippen LogP contribution in [0.1, 0.15) is 5.56 Å². The fourth-order valence-corrected chi connectivity index (χ4v) is 6.76. The highest BCUT2D eigenvalue weighted by Gasteiger charge is 2.25. The fourth-order valence-electron chi connectivity index (χ4n) is 6.76. The zero-order valence-corrected chi connectivity index (χ0v) is 23.7. The molecule has 0 aromatic heterocycles. The van der Waals surface area contributed by atoms with Gasteiger partial charge in [-0.3, -0.25) is 0 Å². The number of allylic oxidation sites excluding steroid dienone is 5. The summed E-state index contributed by atoms with van der Waals surface area (Å²) >= 11 is 0. The van der Waals surface area contributed by atoms with Crippen molar-refractivity contribution >= 4 is 37.9 Å². The SMILES string of the molecule is C1=CC=CC(c2c3ccccc3c(-c3ccccc3)c3c(-c4ccccc4)c4ccccc4c(-c4ccccc4)c23)=CC=1. The molecule has 0 heteroatoms. The molecule has 1 aliphatic carbocycles. The molecule has 0 N–H and O–H groups in total. The number of benzene rings is 7. The van der Waals surface area contributed by atoms with Gasteiger partial charge in [0.1, 0.15) is 0 Å². The second-order valence-corrected chi connectivity index (χ2v) is 10.9. The van der Waals surface area contributed by atoms with Crippen LogP contribution in [-0.4, -0.2) is 0 Å². The summed E-state index contributed by atoms with van der Waals surface area (Å²) in [6, 6.07) is 50.6. The summed E-state index contributed by atoms with van der Waals surface area (Å²) in [7, 11) is 0. The van der Waals surface area contributed by atoms with Crippen LogP contribution < -0.4 is 0 Å². The second-order valence-electron chi connectivity index (χ2n) is 10.9. The van der Waals surface area contributed by atoms with Crippen LogP contribution in [0.2, 0.25) is 0 Å². The van der Waals surface area contributed by atoms with Crippen molar-refractivity contribution in [1.82, 2.24) is 0 Å². The predicted molar refractivity (Wildman–Crippen MR) is 185 cm³/mol. The van der Waals surface area contributed by atoms with Gasteiger partial charge in [0.25, 0.3) is 0 Å². The zero-order valence-electron chi connectivity index (χ0n) is 23.7. The summed E-state index contributed by atoms with van der Waals surface area (Å²) < 4.78 is 0. The topological polar surface area (TPSA) is 0 Å². The van der Waals surface area contributed by atoms with Crippen LogP contribution in [0.25, 0.3) is 71.3 Å². The first-order valence-electron chi connectivity index (χ1n) is 14.8. The van der Waals surface area contributed by atoms with Crippen molar-refractivity contribution < 1.29 is 0 Å². The molecule has 7 aromatic carbocycles. The van der Waals surface area contributed by atoms with Crippen LogP contribution in [0.3, 0.4) is 0 Å².